The first-order chi connectivity index (χ1) is 11.4. The monoisotopic (exact) mass is 325 g/mol. The van der Waals surface area contributed by atoms with E-state index in [0.29, 0.717) is 23.3 Å². The smallest absolute Gasteiger partial charge is 0.267 e. The third kappa shape index (κ3) is 4.23. The molecule has 1 N–H and O–H groups in total. The van der Waals surface area contributed by atoms with E-state index in [0.717, 1.165) is 12.8 Å². The molecule has 0 saturated carbocycles. The highest BCUT2D eigenvalue weighted by atomic mass is 16.1. The molecule has 1 amide bonds. The number of amides is 1. The number of likely N-dealkylation sites (tertiary alicyclic amines) is 1. The van der Waals surface area contributed by atoms with Gasteiger partial charge >= 0.3 is 0 Å². The lowest BCUT2D eigenvalue weighted by Gasteiger charge is -2.38. The molecule has 1 fully saturated rings. The molecule has 2 rings (SSSR count). The van der Waals surface area contributed by atoms with Crippen LogP contribution in [0.1, 0.15) is 50.4 Å². The molecule has 0 spiro atoms. The first kappa shape index (κ1) is 17.7. The van der Waals surface area contributed by atoms with Crippen LogP contribution in [0.15, 0.2) is 36.0 Å². The molecule has 0 bridgehead atoms. The van der Waals surface area contributed by atoms with Gasteiger partial charge in [0.05, 0.1) is 0 Å². The second-order valence-electron chi connectivity index (χ2n) is 6.32. The minimum absolute atomic E-state index is 0.0712. The number of anilines is 1. The van der Waals surface area contributed by atoms with E-state index in [1.807, 2.05) is 6.07 Å². The quantitative estimate of drug-likeness (QED) is 0.522. The van der Waals surface area contributed by atoms with Crippen molar-refractivity contribution >= 4 is 17.4 Å². The number of nitrogens with one attached hydrogen (secondary N) is 1. The van der Waals surface area contributed by atoms with Crippen LogP contribution in [0.3, 0.4) is 0 Å². The van der Waals surface area contributed by atoms with E-state index in [-0.39, 0.29) is 11.4 Å². The Morgan fingerprint density at radius 3 is 2.54 bits per heavy atom. The number of nitrogens with zero attached hydrogens (tertiary/aromatic N) is 2. The van der Waals surface area contributed by atoms with Crippen LogP contribution in [-0.4, -0.2) is 28.7 Å². The summed E-state index contributed by atoms with van der Waals surface area (Å²) < 4.78 is 0. The molecular weight excluding hydrogens is 302 g/mol. The highest BCUT2D eigenvalue weighted by Crippen LogP contribution is 2.23. The van der Waals surface area contributed by atoms with E-state index in [4.69, 9.17) is 0 Å². The van der Waals surface area contributed by atoms with Crippen molar-refractivity contribution in [3.63, 3.8) is 0 Å². The van der Waals surface area contributed by atoms with Crippen molar-refractivity contribution in [2.24, 2.45) is 0 Å². The molecule has 0 radical (unpaired) electrons. The van der Waals surface area contributed by atoms with Gasteiger partial charge in [0.15, 0.2) is 5.78 Å². The summed E-state index contributed by atoms with van der Waals surface area (Å²) in [5, 5.41) is 12.1. The molecule has 126 valence electrons. The molecule has 0 aromatic heterocycles. The van der Waals surface area contributed by atoms with Gasteiger partial charge in [-0.1, -0.05) is 12.1 Å². The van der Waals surface area contributed by atoms with Crippen molar-refractivity contribution in [2.45, 2.75) is 52.1 Å². The molecule has 5 nitrogen and oxygen atoms in total. The fourth-order valence-corrected chi connectivity index (χ4v) is 3.00. The molecule has 1 aromatic carbocycles. The van der Waals surface area contributed by atoms with Crippen molar-refractivity contribution in [1.29, 1.82) is 5.26 Å². The zero-order valence-corrected chi connectivity index (χ0v) is 14.4. The number of hydrogen-bond acceptors (Lipinski definition) is 4. The Kier molecular flexibility index (Phi) is 5.75. The number of Topliss-reactive ketones (excluding diaryl/α,β-unsaturated/α-hetero) is 1. The molecule has 1 heterocycles. The maximum Gasteiger partial charge on any atom is 0.267 e. The summed E-state index contributed by atoms with van der Waals surface area (Å²) in [6.07, 6.45) is 4.95. The molecule has 24 heavy (non-hydrogen) atoms. The predicted molar refractivity (Wildman–Crippen MR) is 93.4 cm³/mol. The highest BCUT2D eigenvalue weighted by molar-refractivity contribution is 6.07. The van der Waals surface area contributed by atoms with E-state index in [1.54, 1.807) is 30.5 Å². The van der Waals surface area contributed by atoms with Crippen molar-refractivity contribution in [3.8, 4) is 6.07 Å². The minimum atomic E-state index is -0.455. The number of rotatable bonds is 4. The van der Waals surface area contributed by atoms with Gasteiger partial charge in [-0.05, 0) is 52.2 Å². The minimum Gasteiger partial charge on any atom is -0.371 e. The highest BCUT2D eigenvalue weighted by Gasteiger charge is 2.23. The Bertz CT molecular complexity index is 693. The third-order valence-electron chi connectivity index (χ3n) is 4.43. The maximum atomic E-state index is 12.4. The average Bonchev–Trinajstić information content (AvgIpc) is 2.54. The fourth-order valence-electron chi connectivity index (χ4n) is 3.00. The molecule has 2 atom stereocenters. The Labute approximate surface area is 143 Å². The summed E-state index contributed by atoms with van der Waals surface area (Å²) in [5.74, 6) is -0.527. The number of carbonyl (C=O) groups excluding carboxylic acids is 2. The largest absolute Gasteiger partial charge is 0.371 e. The fraction of sp³-hybridized carbons (Fsp3) is 0.421. The first-order valence-electron chi connectivity index (χ1n) is 8.24. The van der Waals surface area contributed by atoms with E-state index in [2.05, 4.69) is 24.1 Å². The summed E-state index contributed by atoms with van der Waals surface area (Å²) in [7, 11) is 0. The van der Waals surface area contributed by atoms with Crippen molar-refractivity contribution in [2.75, 3.05) is 5.32 Å². The summed E-state index contributed by atoms with van der Waals surface area (Å²) >= 11 is 0. The van der Waals surface area contributed by atoms with Gasteiger partial charge in [-0.3, -0.25) is 9.59 Å². The van der Waals surface area contributed by atoms with Crippen LogP contribution in [0, 0.1) is 11.3 Å². The van der Waals surface area contributed by atoms with Crippen LogP contribution in [-0.2, 0) is 4.79 Å². The van der Waals surface area contributed by atoms with Gasteiger partial charge in [-0.15, -0.1) is 0 Å². The zero-order chi connectivity index (χ0) is 17.7. The zero-order valence-electron chi connectivity index (χ0n) is 14.4. The molecule has 5 heteroatoms. The van der Waals surface area contributed by atoms with E-state index in [1.165, 1.54) is 13.3 Å². The van der Waals surface area contributed by atoms with Crippen molar-refractivity contribution < 1.29 is 9.59 Å². The first-order valence-corrected chi connectivity index (χ1v) is 8.24. The Balaban J connectivity index is 2.17. The predicted octanol–water partition coefficient (Wildman–Crippen LogP) is 3.50. The molecule has 2 unspecified atom stereocenters. The van der Waals surface area contributed by atoms with Crippen LogP contribution in [0.2, 0.25) is 0 Å². The van der Waals surface area contributed by atoms with Crippen molar-refractivity contribution in [1.82, 2.24) is 4.90 Å². The molecule has 1 aliphatic heterocycles. The van der Waals surface area contributed by atoms with Crippen LogP contribution >= 0.6 is 0 Å². The number of nitriles is 1. The summed E-state index contributed by atoms with van der Waals surface area (Å²) in [5.41, 5.74) is 1.10. The standard InChI is InChI=1S/C19H23N3O2/c1-13-6-4-7-14(2)22(13)12-17(11-20)19(24)21-18-9-5-8-16(10-18)15(3)23/h5,8-10,12-14H,4,6-7H2,1-3H3,(H,21,24)/b17-12-. The topological polar surface area (TPSA) is 73.2 Å². The van der Waals surface area contributed by atoms with Crippen molar-refractivity contribution in [3.05, 3.63) is 41.6 Å². The summed E-state index contributed by atoms with van der Waals surface area (Å²) in [4.78, 5) is 25.9. The SMILES string of the molecule is CC(=O)c1cccc(NC(=O)/C(C#N)=C\N2C(C)CCCC2C)c1. The van der Waals surface area contributed by atoms with Crippen LogP contribution in [0.25, 0.3) is 0 Å². The summed E-state index contributed by atoms with van der Waals surface area (Å²) in [6, 6.07) is 9.32. The number of carbonyl (C=O) groups is 2. The normalized spacial score (nSPS) is 21.1. The number of ketones is 1. The Morgan fingerprint density at radius 2 is 1.96 bits per heavy atom. The van der Waals surface area contributed by atoms with Gasteiger partial charge < -0.3 is 10.2 Å². The average molecular weight is 325 g/mol. The van der Waals surface area contributed by atoms with Gasteiger partial charge in [0.2, 0.25) is 0 Å². The van der Waals surface area contributed by atoms with E-state index >= 15 is 0 Å². The van der Waals surface area contributed by atoms with Crippen LogP contribution in [0.5, 0.6) is 0 Å². The van der Waals surface area contributed by atoms with E-state index in [9.17, 15) is 14.9 Å². The number of piperidine rings is 1. The second-order valence-corrected chi connectivity index (χ2v) is 6.32. The van der Waals surface area contributed by atoms with Gasteiger partial charge in [-0.2, -0.15) is 5.26 Å². The molecule has 0 aliphatic carbocycles. The van der Waals surface area contributed by atoms with E-state index < -0.39 is 5.91 Å². The third-order valence-corrected chi connectivity index (χ3v) is 4.43. The lowest BCUT2D eigenvalue weighted by atomic mass is 9.98. The van der Waals surface area contributed by atoms with Crippen LogP contribution < -0.4 is 5.32 Å². The van der Waals surface area contributed by atoms with Gasteiger partial charge in [0.1, 0.15) is 11.6 Å². The Hall–Kier alpha value is -2.61. The molecule has 1 aromatic rings. The second kappa shape index (κ2) is 7.78. The van der Waals surface area contributed by atoms with Gasteiger partial charge in [0.25, 0.3) is 5.91 Å². The lowest BCUT2D eigenvalue weighted by Crippen LogP contribution is -2.40. The maximum absolute atomic E-state index is 12.4. The summed E-state index contributed by atoms with van der Waals surface area (Å²) in [6.45, 7) is 5.69. The Morgan fingerprint density at radius 1 is 1.29 bits per heavy atom. The molecule has 1 saturated heterocycles. The van der Waals surface area contributed by atoms with Gasteiger partial charge in [0, 0.05) is 29.5 Å². The van der Waals surface area contributed by atoms with Crippen LogP contribution in [0.4, 0.5) is 5.69 Å². The molecule has 1 aliphatic rings. The molecular formula is C19H23N3O2. The van der Waals surface area contributed by atoms with Gasteiger partial charge in [-0.25, -0.2) is 0 Å². The number of benzene rings is 1. The number of hydrogen-bond donors (Lipinski definition) is 1. The lowest BCUT2D eigenvalue weighted by molar-refractivity contribution is -0.112.